The Morgan fingerprint density at radius 3 is 1.67 bits per heavy atom. The van der Waals surface area contributed by atoms with E-state index < -0.39 is 0 Å². The number of ether oxygens (including phenoxy) is 1. The summed E-state index contributed by atoms with van der Waals surface area (Å²) in [5, 5.41) is 10.6. The largest absolute Gasteiger partial charge is 0.507 e. The van der Waals surface area contributed by atoms with Crippen LogP contribution < -0.4 is 4.74 Å². The molecule has 1 aromatic rings. The first-order chi connectivity index (χ1) is 9.34. The van der Waals surface area contributed by atoms with Crippen LogP contribution in [0.25, 0.3) is 0 Å². The summed E-state index contributed by atoms with van der Waals surface area (Å²) in [4.78, 5) is 11.8. The smallest absolute Gasteiger partial charge is 0.313 e. The monoisotopic (exact) mass is 292 g/mol. The Bertz CT molecular complexity index is 493. The van der Waals surface area contributed by atoms with Gasteiger partial charge < -0.3 is 9.84 Å². The minimum absolute atomic E-state index is 0.185. The lowest BCUT2D eigenvalue weighted by atomic mass is 9.79. The van der Waals surface area contributed by atoms with E-state index in [2.05, 4.69) is 0 Å². The van der Waals surface area contributed by atoms with Crippen molar-refractivity contribution in [1.82, 2.24) is 0 Å². The Labute approximate surface area is 128 Å². The van der Waals surface area contributed by atoms with Crippen molar-refractivity contribution >= 4 is 5.97 Å². The maximum absolute atomic E-state index is 11.8. The fourth-order valence-electron chi connectivity index (χ4n) is 2.04. The van der Waals surface area contributed by atoms with Crippen LogP contribution in [0.2, 0.25) is 0 Å². The van der Waals surface area contributed by atoms with Gasteiger partial charge in [0.25, 0.3) is 0 Å². The van der Waals surface area contributed by atoms with Crippen molar-refractivity contribution in [2.24, 2.45) is 5.92 Å². The second kappa shape index (κ2) is 5.70. The standard InChI is InChI=1S/C18H28O3/c1-11(2)16(20)21-12-9-13(17(3,4)5)15(19)14(10-12)18(6,7)8/h9-11,19H,1-8H3. The number of phenolic OH excluding ortho intramolecular Hbond substituents is 1. The Morgan fingerprint density at radius 1 is 1.00 bits per heavy atom. The zero-order valence-corrected chi connectivity index (χ0v) is 14.5. The first-order valence-electron chi connectivity index (χ1n) is 7.43. The number of carbonyl (C=O) groups is 1. The quantitative estimate of drug-likeness (QED) is 0.642. The number of esters is 1. The number of carbonyl (C=O) groups excluding carboxylic acids is 1. The summed E-state index contributed by atoms with van der Waals surface area (Å²) in [7, 11) is 0. The second-order valence-electron chi connectivity index (χ2n) is 7.94. The second-order valence-corrected chi connectivity index (χ2v) is 7.94. The summed E-state index contributed by atoms with van der Waals surface area (Å²) >= 11 is 0. The van der Waals surface area contributed by atoms with Gasteiger partial charge in [0.05, 0.1) is 5.92 Å². The van der Waals surface area contributed by atoms with E-state index in [1.54, 1.807) is 26.0 Å². The van der Waals surface area contributed by atoms with Gasteiger partial charge in [-0.15, -0.1) is 0 Å². The molecule has 0 aromatic heterocycles. The number of phenols is 1. The SMILES string of the molecule is CC(C)C(=O)Oc1cc(C(C)(C)C)c(O)c(C(C)(C)C)c1. The van der Waals surface area contributed by atoms with Gasteiger partial charge in [0.15, 0.2) is 0 Å². The summed E-state index contributed by atoms with van der Waals surface area (Å²) < 4.78 is 5.45. The highest BCUT2D eigenvalue weighted by Crippen LogP contribution is 2.41. The molecule has 0 aliphatic carbocycles. The summed E-state index contributed by atoms with van der Waals surface area (Å²) in [6, 6.07) is 3.54. The van der Waals surface area contributed by atoms with Gasteiger partial charge in [0.2, 0.25) is 0 Å². The zero-order chi connectivity index (χ0) is 16.6. The van der Waals surface area contributed by atoms with Crippen molar-refractivity contribution < 1.29 is 14.6 Å². The van der Waals surface area contributed by atoms with Gasteiger partial charge in [-0.3, -0.25) is 4.79 Å². The summed E-state index contributed by atoms with van der Waals surface area (Å²) in [6.07, 6.45) is 0. The van der Waals surface area contributed by atoms with Crippen LogP contribution in [0.5, 0.6) is 11.5 Å². The summed E-state index contributed by atoms with van der Waals surface area (Å²) in [5.41, 5.74) is 1.12. The van der Waals surface area contributed by atoms with E-state index in [4.69, 9.17) is 4.74 Å². The molecule has 0 radical (unpaired) electrons. The zero-order valence-electron chi connectivity index (χ0n) is 14.5. The molecule has 0 fully saturated rings. The van der Waals surface area contributed by atoms with Crippen LogP contribution >= 0.6 is 0 Å². The molecule has 0 amide bonds. The lowest BCUT2D eigenvalue weighted by molar-refractivity contribution is -0.137. The molecule has 0 saturated heterocycles. The molecule has 0 heterocycles. The number of hydrogen-bond acceptors (Lipinski definition) is 3. The third-order valence-corrected chi connectivity index (χ3v) is 3.39. The van der Waals surface area contributed by atoms with Crippen LogP contribution in [0.4, 0.5) is 0 Å². The van der Waals surface area contributed by atoms with Crippen LogP contribution in [-0.2, 0) is 15.6 Å². The van der Waals surface area contributed by atoms with Crippen molar-refractivity contribution in [2.45, 2.75) is 66.2 Å². The summed E-state index contributed by atoms with van der Waals surface area (Å²) in [5.74, 6) is 0.344. The molecule has 3 nitrogen and oxygen atoms in total. The van der Waals surface area contributed by atoms with E-state index in [1.165, 1.54) is 0 Å². The van der Waals surface area contributed by atoms with E-state index in [-0.39, 0.29) is 22.7 Å². The van der Waals surface area contributed by atoms with E-state index in [1.807, 2.05) is 41.5 Å². The van der Waals surface area contributed by atoms with Gasteiger partial charge in [-0.25, -0.2) is 0 Å². The van der Waals surface area contributed by atoms with Crippen LogP contribution in [0.3, 0.4) is 0 Å². The van der Waals surface area contributed by atoms with E-state index in [9.17, 15) is 9.90 Å². The predicted molar refractivity (Wildman–Crippen MR) is 86.0 cm³/mol. The van der Waals surface area contributed by atoms with Gasteiger partial charge in [-0.1, -0.05) is 55.4 Å². The van der Waals surface area contributed by atoms with Crippen LogP contribution in [0, 0.1) is 5.92 Å². The lowest BCUT2D eigenvalue weighted by Crippen LogP contribution is -2.19. The van der Waals surface area contributed by atoms with Crippen LogP contribution in [-0.4, -0.2) is 11.1 Å². The minimum Gasteiger partial charge on any atom is -0.507 e. The Kier molecular flexibility index (Phi) is 4.76. The predicted octanol–water partition coefficient (Wildman–Crippen LogP) is 4.55. The molecule has 1 N–H and O–H groups in total. The van der Waals surface area contributed by atoms with Crippen molar-refractivity contribution in [3.63, 3.8) is 0 Å². The van der Waals surface area contributed by atoms with Crippen molar-refractivity contribution in [3.8, 4) is 11.5 Å². The van der Waals surface area contributed by atoms with Crippen LogP contribution in [0.1, 0.15) is 66.5 Å². The number of aromatic hydroxyl groups is 1. The molecule has 3 heteroatoms. The molecule has 0 aliphatic heterocycles. The molecule has 0 saturated carbocycles. The molecule has 0 unspecified atom stereocenters. The molecule has 0 bridgehead atoms. The van der Waals surface area contributed by atoms with Crippen LogP contribution in [0.15, 0.2) is 12.1 Å². The molecule has 1 aromatic carbocycles. The molecule has 21 heavy (non-hydrogen) atoms. The van der Waals surface area contributed by atoms with E-state index in [0.717, 1.165) is 11.1 Å². The summed E-state index contributed by atoms with van der Waals surface area (Å²) in [6.45, 7) is 15.8. The van der Waals surface area contributed by atoms with E-state index in [0.29, 0.717) is 11.5 Å². The molecule has 0 aliphatic rings. The minimum atomic E-state index is -0.264. The van der Waals surface area contributed by atoms with Crippen molar-refractivity contribution in [3.05, 3.63) is 23.3 Å². The highest BCUT2D eigenvalue weighted by molar-refractivity contribution is 5.74. The number of benzene rings is 1. The van der Waals surface area contributed by atoms with Crippen molar-refractivity contribution in [2.75, 3.05) is 0 Å². The van der Waals surface area contributed by atoms with Gasteiger partial charge in [-0.2, -0.15) is 0 Å². The average Bonchev–Trinajstić information content (AvgIpc) is 2.27. The first-order valence-corrected chi connectivity index (χ1v) is 7.43. The third kappa shape index (κ3) is 4.23. The maximum atomic E-state index is 11.8. The Hall–Kier alpha value is -1.51. The highest BCUT2D eigenvalue weighted by atomic mass is 16.5. The van der Waals surface area contributed by atoms with Gasteiger partial charge >= 0.3 is 5.97 Å². The first kappa shape index (κ1) is 17.5. The maximum Gasteiger partial charge on any atom is 0.313 e. The fraction of sp³-hybridized carbons (Fsp3) is 0.611. The number of rotatable bonds is 2. The molecule has 0 spiro atoms. The highest BCUT2D eigenvalue weighted by Gasteiger charge is 2.27. The molecular formula is C18H28O3. The Balaban J connectivity index is 3.44. The molecule has 0 atom stereocenters. The van der Waals surface area contributed by atoms with Gasteiger partial charge in [-0.05, 0) is 23.0 Å². The lowest BCUT2D eigenvalue weighted by Gasteiger charge is -2.28. The van der Waals surface area contributed by atoms with E-state index >= 15 is 0 Å². The van der Waals surface area contributed by atoms with Crippen molar-refractivity contribution in [1.29, 1.82) is 0 Å². The molecule has 118 valence electrons. The topological polar surface area (TPSA) is 46.5 Å². The fourth-order valence-corrected chi connectivity index (χ4v) is 2.04. The third-order valence-electron chi connectivity index (χ3n) is 3.39. The van der Waals surface area contributed by atoms with Gasteiger partial charge in [0, 0.05) is 11.1 Å². The Morgan fingerprint density at radius 2 is 1.38 bits per heavy atom. The number of hydrogen-bond donors (Lipinski definition) is 1. The average molecular weight is 292 g/mol. The normalized spacial score (nSPS) is 12.6. The molecule has 1 rings (SSSR count). The molecular weight excluding hydrogens is 264 g/mol. The van der Waals surface area contributed by atoms with Gasteiger partial charge in [0.1, 0.15) is 11.5 Å².